The van der Waals surface area contributed by atoms with Gasteiger partial charge in [0.05, 0.1) is 42.7 Å². The molecule has 0 radical (unpaired) electrons. The summed E-state index contributed by atoms with van der Waals surface area (Å²) in [4.78, 5) is 2.30. The van der Waals surface area contributed by atoms with Gasteiger partial charge in [0.1, 0.15) is 44.9 Å². The number of rotatable bonds is 11. The standard InChI is InChI=1S/C74H48N4O4S/c1-79-57-31-17-47(18-32-57)50-21-36-66-62(41-50)63-42-51(48-19-33-58(80-2)34-20-48)22-37-67(63)78(66)56-29-15-49(16-30-56)59-35-38-68(74-73(59)75-83-76-74)77(54-25-11-45(12-26-54)52-23-39-71-64(43-52)60-7-3-5-9-69(60)81-71)55-27-13-46(14-28-55)53-24-40-72-65(44-53)61-8-4-6-10-70(61)82-72/h3-44H,1-2H3. The van der Waals surface area contributed by atoms with Gasteiger partial charge in [0.15, 0.2) is 0 Å². The molecule has 0 atom stereocenters. The molecule has 83 heavy (non-hydrogen) atoms. The van der Waals surface area contributed by atoms with Crippen molar-refractivity contribution in [2.24, 2.45) is 0 Å². The van der Waals surface area contributed by atoms with E-state index < -0.39 is 0 Å². The third kappa shape index (κ3) is 8.19. The third-order valence-electron chi connectivity index (χ3n) is 16.4. The van der Waals surface area contributed by atoms with Crippen molar-refractivity contribution in [2.45, 2.75) is 0 Å². The fourth-order valence-electron chi connectivity index (χ4n) is 12.1. The molecule has 0 aliphatic heterocycles. The van der Waals surface area contributed by atoms with Crippen LogP contribution in [0, 0.1) is 0 Å². The topological polar surface area (TPSA) is 78.7 Å². The first-order chi connectivity index (χ1) is 41.0. The van der Waals surface area contributed by atoms with E-state index in [1.54, 1.807) is 14.2 Å². The monoisotopic (exact) mass is 1090 g/mol. The quantitative estimate of drug-likeness (QED) is 0.128. The molecular weight excluding hydrogens is 1040 g/mol. The van der Waals surface area contributed by atoms with Crippen LogP contribution in [0.1, 0.15) is 0 Å². The number of methoxy groups -OCH3 is 2. The zero-order chi connectivity index (χ0) is 55.1. The number of furan rings is 2. The molecule has 0 N–H and O–H groups in total. The van der Waals surface area contributed by atoms with Gasteiger partial charge >= 0.3 is 0 Å². The Morgan fingerprint density at radius 1 is 0.349 bits per heavy atom. The van der Waals surface area contributed by atoms with Crippen LogP contribution in [0.15, 0.2) is 264 Å². The van der Waals surface area contributed by atoms with E-state index in [4.69, 9.17) is 27.1 Å². The lowest BCUT2D eigenvalue weighted by atomic mass is 10.00. The van der Waals surface area contributed by atoms with Crippen LogP contribution in [0.5, 0.6) is 11.5 Å². The molecule has 0 fully saturated rings. The summed E-state index contributed by atoms with van der Waals surface area (Å²) in [5, 5.41) is 6.75. The molecular formula is C74H48N4O4S. The van der Waals surface area contributed by atoms with Crippen LogP contribution in [0.3, 0.4) is 0 Å². The molecule has 0 saturated carbocycles. The fourth-order valence-corrected chi connectivity index (χ4v) is 12.7. The summed E-state index contributed by atoms with van der Waals surface area (Å²) < 4.78 is 35.8. The molecule has 9 heteroatoms. The second-order valence-electron chi connectivity index (χ2n) is 20.9. The Hall–Kier alpha value is -10.7. The lowest BCUT2D eigenvalue weighted by Crippen LogP contribution is -2.10. The lowest BCUT2D eigenvalue weighted by molar-refractivity contribution is 0.415. The van der Waals surface area contributed by atoms with Crippen LogP contribution < -0.4 is 14.4 Å². The number of para-hydroxylation sites is 2. The highest BCUT2D eigenvalue weighted by Gasteiger charge is 2.22. The maximum atomic E-state index is 6.19. The van der Waals surface area contributed by atoms with Crippen molar-refractivity contribution >= 4 is 106 Å². The van der Waals surface area contributed by atoms with Crippen LogP contribution in [-0.4, -0.2) is 27.5 Å². The van der Waals surface area contributed by atoms with Crippen LogP contribution in [0.4, 0.5) is 17.1 Å². The second-order valence-corrected chi connectivity index (χ2v) is 21.5. The molecule has 0 saturated heterocycles. The maximum absolute atomic E-state index is 6.19. The summed E-state index contributed by atoms with van der Waals surface area (Å²) in [6.45, 7) is 0. The Kier molecular flexibility index (Phi) is 11.3. The van der Waals surface area contributed by atoms with E-state index in [9.17, 15) is 0 Å². The predicted molar refractivity (Wildman–Crippen MR) is 341 cm³/mol. The Morgan fingerprint density at radius 2 is 0.747 bits per heavy atom. The van der Waals surface area contributed by atoms with Gasteiger partial charge in [-0.2, -0.15) is 8.75 Å². The summed E-state index contributed by atoms with van der Waals surface area (Å²) in [6, 6.07) is 90.2. The van der Waals surface area contributed by atoms with Gasteiger partial charge in [-0.15, -0.1) is 0 Å². The summed E-state index contributed by atoms with van der Waals surface area (Å²) in [5.41, 5.74) is 22.4. The van der Waals surface area contributed by atoms with Gasteiger partial charge in [-0.05, 0) is 184 Å². The Bertz CT molecular complexity index is 4890. The van der Waals surface area contributed by atoms with Crippen molar-refractivity contribution in [3.05, 3.63) is 255 Å². The Balaban J connectivity index is 0.779. The molecule has 12 aromatic carbocycles. The van der Waals surface area contributed by atoms with Crippen molar-refractivity contribution in [1.29, 1.82) is 0 Å². The highest BCUT2D eigenvalue weighted by molar-refractivity contribution is 7.00. The number of fused-ring (bicyclic) bond motifs is 10. The number of ether oxygens (including phenoxy) is 2. The van der Waals surface area contributed by atoms with Crippen molar-refractivity contribution in [3.8, 4) is 72.8 Å². The Morgan fingerprint density at radius 3 is 1.23 bits per heavy atom. The van der Waals surface area contributed by atoms with E-state index in [2.05, 4.69) is 216 Å². The Labute approximate surface area is 481 Å². The first kappa shape index (κ1) is 48.2. The largest absolute Gasteiger partial charge is 0.497 e. The molecule has 0 unspecified atom stereocenters. The third-order valence-corrected chi connectivity index (χ3v) is 16.9. The average Bonchev–Trinajstić information content (AvgIpc) is 3.47. The van der Waals surface area contributed by atoms with E-state index >= 15 is 0 Å². The molecule has 16 aromatic rings. The number of anilines is 3. The van der Waals surface area contributed by atoms with Gasteiger partial charge in [0.2, 0.25) is 0 Å². The van der Waals surface area contributed by atoms with Crippen molar-refractivity contribution in [1.82, 2.24) is 13.3 Å². The molecule has 8 nitrogen and oxygen atoms in total. The second kappa shape index (κ2) is 19.5. The van der Waals surface area contributed by atoms with Crippen molar-refractivity contribution in [3.63, 3.8) is 0 Å². The summed E-state index contributed by atoms with van der Waals surface area (Å²) in [7, 11) is 3.40. The SMILES string of the molecule is COc1ccc(-c2ccc3c(c2)c2cc(-c4ccc(OC)cc4)ccc2n3-c2ccc(-c3ccc(N(c4ccc(-c5ccc6oc7ccccc7c6c5)cc4)c4ccc(-c5ccc6oc7ccccc7c6c5)cc4)c4nsnc34)cc2)cc1. The van der Waals surface area contributed by atoms with Gasteiger partial charge in [0.25, 0.3) is 0 Å². The van der Waals surface area contributed by atoms with E-state index in [1.807, 2.05) is 48.5 Å². The fraction of sp³-hybridized carbons (Fsp3) is 0.0270. The average molecular weight is 1090 g/mol. The minimum Gasteiger partial charge on any atom is -0.497 e. The summed E-state index contributed by atoms with van der Waals surface area (Å²) in [6.07, 6.45) is 0. The van der Waals surface area contributed by atoms with Gasteiger partial charge < -0.3 is 27.8 Å². The molecule has 0 amide bonds. The molecule has 16 rings (SSSR count). The van der Waals surface area contributed by atoms with Crippen LogP contribution in [0.2, 0.25) is 0 Å². The highest BCUT2D eigenvalue weighted by Crippen LogP contribution is 2.45. The number of nitrogens with zero attached hydrogens (tertiary/aromatic N) is 4. The minimum atomic E-state index is 0.821. The zero-order valence-corrected chi connectivity index (χ0v) is 45.9. The first-order valence-corrected chi connectivity index (χ1v) is 28.3. The molecule has 0 spiro atoms. The smallest absolute Gasteiger partial charge is 0.135 e. The van der Waals surface area contributed by atoms with E-state index in [-0.39, 0.29) is 0 Å². The molecule has 0 aliphatic carbocycles. The van der Waals surface area contributed by atoms with Crippen LogP contribution in [0.25, 0.3) is 138 Å². The summed E-state index contributed by atoms with van der Waals surface area (Å²) in [5.74, 6) is 1.66. The van der Waals surface area contributed by atoms with Gasteiger partial charge in [-0.1, -0.05) is 121 Å². The molecule has 4 aromatic heterocycles. The maximum Gasteiger partial charge on any atom is 0.135 e. The van der Waals surface area contributed by atoms with E-state index in [1.165, 1.54) is 22.5 Å². The normalized spacial score (nSPS) is 11.7. The number of hydrogen-bond acceptors (Lipinski definition) is 8. The van der Waals surface area contributed by atoms with Gasteiger partial charge in [-0.3, -0.25) is 0 Å². The molecule has 0 bridgehead atoms. The molecule has 394 valence electrons. The lowest BCUT2D eigenvalue weighted by Gasteiger charge is -2.26. The molecule has 0 aliphatic rings. The number of benzene rings is 12. The molecule has 4 heterocycles. The van der Waals surface area contributed by atoms with E-state index in [0.29, 0.717) is 0 Å². The first-order valence-electron chi connectivity index (χ1n) is 27.6. The van der Waals surface area contributed by atoms with Crippen molar-refractivity contribution < 1.29 is 18.3 Å². The van der Waals surface area contributed by atoms with E-state index in [0.717, 1.165) is 156 Å². The summed E-state index contributed by atoms with van der Waals surface area (Å²) >= 11 is 1.24. The zero-order valence-electron chi connectivity index (χ0n) is 45.1. The van der Waals surface area contributed by atoms with Gasteiger partial charge in [-0.25, -0.2) is 0 Å². The van der Waals surface area contributed by atoms with Crippen LogP contribution >= 0.6 is 11.7 Å². The van der Waals surface area contributed by atoms with Crippen molar-refractivity contribution in [2.75, 3.05) is 19.1 Å². The predicted octanol–water partition coefficient (Wildman–Crippen LogP) is 20.4. The number of aromatic nitrogens is 3. The number of hydrogen-bond donors (Lipinski definition) is 0. The van der Waals surface area contributed by atoms with Gasteiger partial charge in [0, 0.05) is 54.9 Å². The minimum absolute atomic E-state index is 0.821. The highest BCUT2D eigenvalue weighted by atomic mass is 32.1. The van der Waals surface area contributed by atoms with Crippen LogP contribution in [-0.2, 0) is 0 Å².